The molecule has 0 atom stereocenters. The molecule has 2 nitrogen and oxygen atoms in total. The SMILES string of the molecule is c1ccc2cc(-c3cc(-c4ccc(N(c5ccc(-c6cccc7c6oc6ccccc67)cc5)c5cc6ccccc6c6ccccc56)cc4)cc4ccccc34)ccc2c1. The van der Waals surface area contributed by atoms with Crippen LogP contribution in [0.3, 0.4) is 0 Å². The average molecular weight is 764 g/mol. The van der Waals surface area contributed by atoms with Gasteiger partial charge in [0.05, 0.1) is 5.69 Å². The highest BCUT2D eigenvalue weighted by Gasteiger charge is 2.19. The normalized spacial score (nSPS) is 11.7. The van der Waals surface area contributed by atoms with Crippen molar-refractivity contribution in [1.82, 2.24) is 0 Å². The van der Waals surface area contributed by atoms with Crippen molar-refractivity contribution in [3.05, 3.63) is 224 Å². The number of hydrogen-bond acceptors (Lipinski definition) is 2. The highest BCUT2D eigenvalue weighted by molar-refractivity contribution is 6.15. The highest BCUT2D eigenvalue weighted by Crippen LogP contribution is 2.44. The van der Waals surface area contributed by atoms with Gasteiger partial charge in [-0.2, -0.15) is 0 Å². The summed E-state index contributed by atoms with van der Waals surface area (Å²) in [6.45, 7) is 0. The minimum Gasteiger partial charge on any atom is -0.455 e. The van der Waals surface area contributed by atoms with Crippen molar-refractivity contribution in [2.45, 2.75) is 0 Å². The maximum absolute atomic E-state index is 6.45. The lowest BCUT2D eigenvalue weighted by Crippen LogP contribution is -2.10. The molecular weight excluding hydrogens is 727 g/mol. The van der Waals surface area contributed by atoms with E-state index in [1.807, 2.05) is 12.1 Å². The van der Waals surface area contributed by atoms with Gasteiger partial charge < -0.3 is 9.32 Å². The Morgan fingerprint density at radius 2 is 0.833 bits per heavy atom. The third-order valence-electron chi connectivity index (χ3n) is 12.2. The number of furan rings is 1. The molecule has 0 aliphatic carbocycles. The second-order valence-electron chi connectivity index (χ2n) is 15.7. The van der Waals surface area contributed by atoms with Crippen LogP contribution in [-0.2, 0) is 0 Å². The molecule has 12 aromatic rings. The second kappa shape index (κ2) is 13.9. The molecule has 0 radical (unpaired) electrons. The molecule has 0 aliphatic rings. The van der Waals surface area contributed by atoms with Crippen molar-refractivity contribution in [2.24, 2.45) is 0 Å². The molecule has 0 spiro atoms. The van der Waals surface area contributed by atoms with E-state index in [-0.39, 0.29) is 0 Å². The lowest BCUT2D eigenvalue weighted by atomic mass is 9.92. The first-order valence-electron chi connectivity index (χ1n) is 20.6. The lowest BCUT2D eigenvalue weighted by molar-refractivity contribution is 0.670. The summed E-state index contributed by atoms with van der Waals surface area (Å²) < 4.78 is 6.45. The van der Waals surface area contributed by atoms with Crippen LogP contribution in [0.1, 0.15) is 0 Å². The van der Waals surface area contributed by atoms with Gasteiger partial charge in [0.2, 0.25) is 0 Å². The fourth-order valence-corrected chi connectivity index (χ4v) is 9.29. The number of nitrogens with zero attached hydrogens (tertiary/aromatic N) is 1. The predicted octanol–water partition coefficient (Wildman–Crippen LogP) is 16.7. The molecule has 1 heterocycles. The monoisotopic (exact) mass is 763 g/mol. The summed E-state index contributed by atoms with van der Waals surface area (Å²) in [6, 6.07) is 81.4. The van der Waals surface area contributed by atoms with Gasteiger partial charge in [-0.25, -0.2) is 0 Å². The summed E-state index contributed by atoms with van der Waals surface area (Å²) in [5.74, 6) is 0. The average Bonchev–Trinajstić information content (AvgIpc) is 3.71. The van der Waals surface area contributed by atoms with E-state index in [2.05, 4.69) is 217 Å². The minimum atomic E-state index is 0.906. The van der Waals surface area contributed by atoms with Gasteiger partial charge in [-0.05, 0) is 120 Å². The van der Waals surface area contributed by atoms with Gasteiger partial charge in [0, 0.05) is 33.1 Å². The summed E-state index contributed by atoms with van der Waals surface area (Å²) in [5, 5.41) is 12.1. The molecule has 0 fully saturated rings. The molecule has 0 aliphatic heterocycles. The van der Waals surface area contributed by atoms with E-state index in [4.69, 9.17) is 4.42 Å². The van der Waals surface area contributed by atoms with Crippen molar-refractivity contribution in [2.75, 3.05) is 4.90 Å². The van der Waals surface area contributed by atoms with Crippen molar-refractivity contribution in [3.63, 3.8) is 0 Å². The summed E-state index contributed by atoms with van der Waals surface area (Å²) in [4.78, 5) is 2.41. The Morgan fingerprint density at radius 1 is 0.283 bits per heavy atom. The van der Waals surface area contributed by atoms with Crippen LogP contribution in [0.4, 0.5) is 17.1 Å². The molecule has 0 N–H and O–H groups in total. The maximum atomic E-state index is 6.45. The predicted molar refractivity (Wildman–Crippen MR) is 255 cm³/mol. The number of para-hydroxylation sites is 2. The first-order chi connectivity index (χ1) is 29.7. The van der Waals surface area contributed by atoms with Crippen LogP contribution in [0.15, 0.2) is 229 Å². The Morgan fingerprint density at radius 3 is 1.60 bits per heavy atom. The van der Waals surface area contributed by atoms with Crippen LogP contribution in [-0.4, -0.2) is 0 Å². The smallest absolute Gasteiger partial charge is 0.143 e. The maximum Gasteiger partial charge on any atom is 0.143 e. The minimum absolute atomic E-state index is 0.906. The molecular formula is C58H37NO. The topological polar surface area (TPSA) is 16.4 Å². The van der Waals surface area contributed by atoms with Crippen molar-refractivity contribution < 1.29 is 4.42 Å². The highest BCUT2D eigenvalue weighted by atomic mass is 16.3. The van der Waals surface area contributed by atoms with Crippen LogP contribution >= 0.6 is 0 Å². The van der Waals surface area contributed by atoms with E-state index in [1.54, 1.807) is 0 Å². The Labute approximate surface area is 347 Å². The molecule has 1 aromatic heterocycles. The third-order valence-corrected chi connectivity index (χ3v) is 12.2. The molecule has 280 valence electrons. The van der Waals surface area contributed by atoms with E-state index in [0.29, 0.717) is 0 Å². The Balaban J connectivity index is 0.999. The van der Waals surface area contributed by atoms with E-state index < -0.39 is 0 Å². The van der Waals surface area contributed by atoms with Crippen LogP contribution in [0.5, 0.6) is 0 Å². The first-order valence-corrected chi connectivity index (χ1v) is 20.6. The third kappa shape index (κ3) is 5.65. The van der Waals surface area contributed by atoms with E-state index in [9.17, 15) is 0 Å². The number of rotatable bonds is 6. The Kier molecular flexibility index (Phi) is 7.89. The largest absolute Gasteiger partial charge is 0.455 e. The molecule has 0 saturated heterocycles. The van der Waals surface area contributed by atoms with E-state index in [1.165, 1.54) is 65.3 Å². The fraction of sp³-hybridized carbons (Fsp3) is 0. The second-order valence-corrected chi connectivity index (χ2v) is 15.7. The zero-order valence-electron chi connectivity index (χ0n) is 32.7. The molecule has 0 bridgehead atoms. The summed E-state index contributed by atoms with van der Waals surface area (Å²) in [5.41, 5.74) is 12.1. The van der Waals surface area contributed by atoms with Gasteiger partial charge in [0.25, 0.3) is 0 Å². The molecule has 0 unspecified atom stereocenters. The molecule has 2 heteroatoms. The molecule has 11 aromatic carbocycles. The van der Waals surface area contributed by atoms with Gasteiger partial charge in [0.15, 0.2) is 0 Å². The van der Waals surface area contributed by atoms with Gasteiger partial charge in [0.1, 0.15) is 11.2 Å². The number of benzene rings is 11. The zero-order chi connectivity index (χ0) is 39.6. The summed E-state index contributed by atoms with van der Waals surface area (Å²) in [6.07, 6.45) is 0. The van der Waals surface area contributed by atoms with Gasteiger partial charge in [-0.15, -0.1) is 0 Å². The van der Waals surface area contributed by atoms with Crippen LogP contribution in [0, 0.1) is 0 Å². The van der Waals surface area contributed by atoms with Crippen LogP contribution in [0.25, 0.3) is 98.4 Å². The van der Waals surface area contributed by atoms with Crippen molar-refractivity contribution in [3.8, 4) is 33.4 Å². The van der Waals surface area contributed by atoms with Gasteiger partial charge in [-0.1, -0.05) is 170 Å². The molecule has 0 saturated carbocycles. The number of anilines is 3. The number of hydrogen-bond donors (Lipinski definition) is 0. The van der Waals surface area contributed by atoms with Crippen molar-refractivity contribution >= 4 is 82.1 Å². The number of fused-ring (bicyclic) bond motifs is 8. The first kappa shape index (κ1) is 34.1. The Hall–Kier alpha value is -7.94. The van der Waals surface area contributed by atoms with Crippen LogP contribution in [0.2, 0.25) is 0 Å². The standard InChI is InChI=1S/C58H37NO/c1-2-13-41-34-44(25-24-38(41)12-1)55-36-45(35-42-14-3-6-17-49(42)55)39-26-30-46(31-27-39)59(56-37-43-15-4-5-16-48(43)51-18-7-8-19-52(51)56)47-32-28-40(29-33-47)50-21-11-22-54-53-20-9-10-23-57(53)60-58(50)54/h1-37H. The van der Waals surface area contributed by atoms with Gasteiger partial charge in [-0.3, -0.25) is 0 Å². The fourth-order valence-electron chi connectivity index (χ4n) is 9.29. The van der Waals surface area contributed by atoms with E-state index in [0.717, 1.165) is 50.1 Å². The summed E-state index contributed by atoms with van der Waals surface area (Å²) in [7, 11) is 0. The molecule has 60 heavy (non-hydrogen) atoms. The van der Waals surface area contributed by atoms with Crippen molar-refractivity contribution in [1.29, 1.82) is 0 Å². The zero-order valence-corrected chi connectivity index (χ0v) is 32.7. The quantitative estimate of drug-likeness (QED) is 0.157. The molecule has 0 amide bonds. The molecule has 12 rings (SSSR count). The van der Waals surface area contributed by atoms with Gasteiger partial charge >= 0.3 is 0 Å². The summed E-state index contributed by atoms with van der Waals surface area (Å²) >= 11 is 0. The lowest BCUT2D eigenvalue weighted by Gasteiger charge is -2.28. The van der Waals surface area contributed by atoms with E-state index >= 15 is 0 Å². The Bertz CT molecular complexity index is 3600. The van der Waals surface area contributed by atoms with Crippen LogP contribution < -0.4 is 4.90 Å².